The Morgan fingerprint density at radius 2 is 2.05 bits per heavy atom. The lowest BCUT2D eigenvalue weighted by molar-refractivity contribution is 0.353. The fourth-order valence-electron chi connectivity index (χ4n) is 3.29. The van der Waals surface area contributed by atoms with Crippen molar-refractivity contribution in [3.8, 4) is 0 Å². The smallest absolute Gasteiger partial charge is 0.257 e. The van der Waals surface area contributed by atoms with E-state index >= 15 is 0 Å². The van der Waals surface area contributed by atoms with E-state index in [2.05, 4.69) is 0 Å². The van der Waals surface area contributed by atoms with E-state index in [1.54, 1.807) is 13.0 Å². The second-order valence-electron chi connectivity index (χ2n) is 5.72. The predicted molar refractivity (Wildman–Crippen MR) is 85.9 cm³/mol. The first-order chi connectivity index (χ1) is 10.3. The van der Waals surface area contributed by atoms with Gasteiger partial charge in [0.05, 0.1) is 17.2 Å². The molecule has 6 nitrogen and oxygen atoms in total. The zero-order valence-corrected chi connectivity index (χ0v) is 14.1. The number of rotatable bonds is 4. The third-order valence-corrected chi connectivity index (χ3v) is 8.18. The van der Waals surface area contributed by atoms with Crippen LogP contribution in [-0.2, 0) is 26.5 Å². The van der Waals surface area contributed by atoms with E-state index in [9.17, 15) is 16.8 Å². The molecule has 1 aromatic rings. The van der Waals surface area contributed by atoms with Crippen LogP contribution in [0.1, 0.15) is 18.9 Å². The maximum absolute atomic E-state index is 13.0. The van der Waals surface area contributed by atoms with E-state index < -0.39 is 26.1 Å². The molecule has 0 spiro atoms. The van der Waals surface area contributed by atoms with E-state index in [0.717, 1.165) is 5.56 Å². The lowest BCUT2D eigenvalue weighted by atomic mass is 10.2. The minimum atomic E-state index is -3.70. The van der Waals surface area contributed by atoms with Crippen molar-refractivity contribution in [3.05, 3.63) is 29.8 Å². The Balaban J connectivity index is 1.92. The normalized spacial score (nSPS) is 23.9. The molecule has 0 radical (unpaired) electrons. The van der Waals surface area contributed by atoms with Crippen LogP contribution in [0.4, 0.5) is 5.69 Å². The van der Waals surface area contributed by atoms with Crippen LogP contribution in [-0.4, -0.2) is 51.8 Å². The molecule has 0 aromatic heterocycles. The summed E-state index contributed by atoms with van der Waals surface area (Å²) in [5.41, 5.74) is 1.72. The Labute approximate surface area is 131 Å². The van der Waals surface area contributed by atoms with E-state index in [4.69, 9.17) is 0 Å². The van der Waals surface area contributed by atoms with E-state index in [-0.39, 0.29) is 18.1 Å². The summed E-state index contributed by atoms with van der Waals surface area (Å²) in [5.74, 6) is -0.00414. The fourth-order valence-corrected chi connectivity index (χ4v) is 7.00. The van der Waals surface area contributed by atoms with Gasteiger partial charge in [-0.3, -0.25) is 4.31 Å². The SMILES string of the molecule is CCN(C1CCS(=O)(=O)C1)S(=O)(=O)N1CCc2ccccc21. The Kier molecular flexibility index (Phi) is 3.94. The first-order valence-electron chi connectivity index (χ1n) is 7.43. The van der Waals surface area contributed by atoms with E-state index in [1.165, 1.54) is 8.61 Å². The van der Waals surface area contributed by atoms with Crippen molar-refractivity contribution in [2.24, 2.45) is 0 Å². The van der Waals surface area contributed by atoms with Crippen LogP contribution in [0.5, 0.6) is 0 Å². The first kappa shape index (κ1) is 15.8. The molecule has 1 aromatic carbocycles. The van der Waals surface area contributed by atoms with Gasteiger partial charge in [-0.1, -0.05) is 25.1 Å². The summed E-state index contributed by atoms with van der Waals surface area (Å²) in [6, 6.07) is 7.01. The van der Waals surface area contributed by atoms with Gasteiger partial charge in [-0.15, -0.1) is 0 Å². The Morgan fingerprint density at radius 3 is 2.68 bits per heavy atom. The molecule has 0 aliphatic carbocycles. The summed E-state index contributed by atoms with van der Waals surface area (Å²) in [4.78, 5) is 0. The summed E-state index contributed by atoms with van der Waals surface area (Å²) in [6.45, 7) is 2.45. The fraction of sp³-hybridized carbons (Fsp3) is 0.571. The molecule has 0 saturated carbocycles. The number of fused-ring (bicyclic) bond motifs is 1. The summed E-state index contributed by atoms with van der Waals surface area (Å²) in [5, 5.41) is 0. The minimum absolute atomic E-state index is 0.0697. The molecule has 1 atom stereocenters. The van der Waals surface area contributed by atoms with Crippen molar-refractivity contribution in [1.29, 1.82) is 0 Å². The highest BCUT2D eigenvalue weighted by Crippen LogP contribution is 2.32. The molecule has 2 aliphatic rings. The van der Waals surface area contributed by atoms with Crippen LogP contribution in [0, 0.1) is 0 Å². The Hall–Kier alpha value is -1.12. The van der Waals surface area contributed by atoms with Gasteiger partial charge in [-0.05, 0) is 24.5 Å². The number of nitrogens with zero attached hydrogens (tertiary/aromatic N) is 2. The lowest BCUT2D eigenvalue weighted by Gasteiger charge is -2.31. The summed E-state index contributed by atoms with van der Waals surface area (Å²) in [7, 11) is -6.82. The number of benzene rings is 1. The molecule has 8 heteroatoms. The number of hydrogen-bond acceptors (Lipinski definition) is 4. The maximum atomic E-state index is 13.0. The average molecular weight is 344 g/mol. The molecular weight excluding hydrogens is 324 g/mol. The zero-order valence-electron chi connectivity index (χ0n) is 12.5. The maximum Gasteiger partial charge on any atom is 0.304 e. The standard InChI is InChI=1S/C14H20N2O4S2/c1-2-15(13-8-10-21(17,18)11-13)22(19,20)16-9-7-12-5-3-4-6-14(12)16/h3-6,13H,2,7-11H2,1H3. The van der Waals surface area contributed by atoms with Gasteiger partial charge in [0.25, 0.3) is 0 Å². The number of para-hydroxylation sites is 1. The molecular formula is C14H20N2O4S2. The van der Waals surface area contributed by atoms with Gasteiger partial charge in [-0.2, -0.15) is 12.7 Å². The highest BCUT2D eigenvalue weighted by molar-refractivity contribution is 7.92. The van der Waals surface area contributed by atoms with Crippen LogP contribution < -0.4 is 4.31 Å². The third-order valence-electron chi connectivity index (χ3n) is 4.35. The molecule has 1 unspecified atom stereocenters. The van der Waals surface area contributed by atoms with Crippen LogP contribution in [0.3, 0.4) is 0 Å². The van der Waals surface area contributed by atoms with Gasteiger partial charge in [0, 0.05) is 19.1 Å². The van der Waals surface area contributed by atoms with Gasteiger partial charge in [-0.25, -0.2) is 8.42 Å². The Bertz CT molecular complexity index is 774. The molecule has 3 rings (SSSR count). The molecule has 0 bridgehead atoms. The molecule has 22 heavy (non-hydrogen) atoms. The van der Waals surface area contributed by atoms with Gasteiger partial charge in [0.15, 0.2) is 9.84 Å². The summed E-state index contributed by atoms with van der Waals surface area (Å²) < 4.78 is 52.1. The summed E-state index contributed by atoms with van der Waals surface area (Å²) >= 11 is 0. The van der Waals surface area contributed by atoms with Crippen LogP contribution >= 0.6 is 0 Å². The number of hydrogen-bond donors (Lipinski definition) is 0. The number of anilines is 1. The summed E-state index contributed by atoms with van der Waals surface area (Å²) in [6.07, 6.45) is 1.07. The van der Waals surface area contributed by atoms with Gasteiger partial charge in [0.2, 0.25) is 0 Å². The van der Waals surface area contributed by atoms with Crippen molar-refractivity contribution in [2.75, 3.05) is 28.9 Å². The molecule has 122 valence electrons. The van der Waals surface area contributed by atoms with Crippen molar-refractivity contribution in [2.45, 2.75) is 25.8 Å². The van der Waals surface area contributed by atoms with E-state index in [1.807, 2.05) is 18.2 Å². The van der Waals surface area contributed by atoms with Crippen LogP contribution in [0.15, 0.2) is 24.3 Å². The van der Waals surface area contributed by atoms with Crippen LogP contribution in [0.2, 0.25) is 0 Å². The van der Waals surface area contributed by atoms with Gasteiger partial charge >= 0.3 is 10.2 Å². The average Bonchev–Trinajstić information content (AvgIpc) is 3.03. The molecule has 2 aliphatic heterocycles. The molecule has 1 fully saturated rings. The van der Waals surface area contributed by atoms with Crippen molar-refractivity contribution >= 4 is 25.7 Å². The highest BCUT2D eigenvalue weighted by atomic mass is 32.2. The minimum Gasteiger partial charge on any atom is -0.257 e. The Morgan fingerprint density at radius 1 is 1.32 bits per heavy atom. The van der Waals surface area contributed by atoms with Gasteiger partial charge < -0.3 is 0 Å². The monoisotopic (exact) mass is 344 g/mol. The predicted octanol–water partition coefficient (Wildman–Crippen LogP) is 0.803. The molecule has 1 saturated heterocycles. The second-order valence-corrected chi connectivity index (χ2v) is 9.75. The number of sulfone groups is 1. The molecule has 0 amide bonds. The largest absolute Gasteiger partial charge is 0.304 e. The molecule has 2 heterocycles. The third kappa shape index (κ3) is 2.63. The van der Waals surface area contributed by atoms with Gasteiger partial charge in [0.1, 0.15) is 0 Å². The quantitative estimate of drug-likeness (QED) is 0.810. The van der Waals surface area contributed by atoms with Crippen molar-refractivity contribution in [3.63, 3.8) is 0 Å². The first-order valence-corrected chi connectivity index (χ1v) is 10.6. The second kappa shape index (κ2) is 5.50. The van der Waals surface area contributed by atoms with Crippen molar-refractivity contribution in [1.82, 2.24) is 4.31 Å². The zero-order chi connectivity index (χ0) is 16.0. The van der Waals surface area contributed by atoms with E-state index in [0.29, 0.717) is 25.1 Å². The van der Waals surface area contributed by atoms with Crippen LogP contribution in [0.25, 0.3) is 0 Å². The highest BCUT2D eigenvalue weighted by Gasteiger charge is 2.41. The lowest BCUT2D eigenvalue weighted by Crippen LogP contribution is -2.48. The molecule has 0 N–H and O–H groups in total. The topological polar surface area (TPSA) is 74.8 Å². The van der Waals surface area contributed by atoms with Crippen molar-refractivity contribution < 1.29 is 16.8 Å².